The highest BCUT2D eigenvalue weighted by atomic mass is 35.5. The fourth-order valence-corrected chi connectivity index (χ4v) is 7.08. The van der Waals surface area contributed by atoms with Gasteiger partial charge in [-0.1, -0.05) is 29.3 Å². The Bertz CT molecular complexity index is 1440. The molecule has 2 aliphatic rings. The van der Waals surface area contributed by atoms with Crippen LogP contribution in [0.1, 0.15) is 19.4 Å². The molecule has 2 aromatic rings. The largest absolute Gasteiger partial charge is 0.366 e. The van der Waals surface area contributed by atoms with E-state index in [2.05, 4.69) is 6.42 Å². The van der Waals surface area contributed by atoms with Gasteiger partial charge in [-0.05, 0) is 49.7 Å². The van der Waals surface area contributed by atoms with Crippen molar-refractivity contribution >= 4 is 50.9 Å². The molecule has 3 amide bonds. The van der Waals surface area contributed by atoms with Crippen molar-refractivity contribution in [3.05, 3.63) is 70.1 Å². The van der Waals surface area contributed by atoms with Crippen molar-refractivity contribution in [2.45, 2.75) is 42.9 Å². The summed E-state index contributed by atoms with van der Waals surface area (Å²) in [6, 6.07) is 4.50. The molecule has 2 aromatic carbocycles. The summed E-state index contributed by atoms with van der Waals surface area (Å²) in [5.74, 6) is -5.11. The fourth-order valence-electron chi connectivity index (χ4n) is 4.73. The van der Waals surface area contributed by atoms with Crippen LogP contribution >= 0.6 is 23.2 Å². The van der Waals surface area contributed by atoms with Crippen molar-refractivity contribution in [2.24, 2.45) is 5.73 Å². The average molecular weight is 587 g/mol. The number of piperazine rings is 1. The van der Waals surface area contributed by atoms with E-state index in [0.29, 0.717) is 4.31 Å². The van der Waals surface area contributed by atoms with E-state index in [0.717, 1.165) is 23.1 Å². The van der Waals surface area contributed by atoms with Crippen LogP contribution in [0.15, 0.2) is 41.3 Å². The lowest BCUT2D eigenvalue weighted by Crippen LogP contribution is -2.83. The number of sulfonamides is 1. The molecule has 0 aliphatic carbocycles. The molecule has 2 N–H and O–H groups in total. The molecule has 9 nitrogen and oxygen atoms in total. The van der Waals surface area contributed by atoms with Gasteiger partial charge in [0.1, 0.15) is 10.9 Å². The summed E-state index contributed by atoms with van der Waals surface area (Å²) in [5, 5.41) is -0.0838. The van der Waals surface area contributed by atoms with Gasteiger partial charge in [-0.25, -0.2) is 17.2 Å². The molecule has 2 radical (unpaired) electrons. The number of hydrogen-bond acceptors (Lipinski definition) is 5. The lowest BCUT2D eigenvalue weighted by Gasteiger charge is -2.58. The summed E-state index contributed by atoms with van der Waals surface area (Å²) >= 11 is 12.1. The Morgan fingerprint density at radius 1 is 1.16 bits per heavy atom. The SMILES string of the molecule is CC(C)N1CC2(C(N)=O)N(C(=O)[C]CN2S(=O)(=O)c2ccc(Cl)cc2Cl)C(Cc2ccc(F)c(F)c2)C1=O. The molecule has 2 atom stereocenters. The highest BCUT2D eigenvalue weighted by Gasteiger charge is 2.64. The smallest absolute Gasteiger partial charge is 0.261 e. The first-order valence-electron chi connectivity index (χ1n) is 11.3. The maximum atomic E-state index is 14.0. The van der Waals surface area contributed by atoms with E-state index >= 15 is 0 Å². The standard InChI is InChI=1S/C24H22Cl2F2N4O5S/c1-13(2)30-12-24(23(29)35)31(38(36,37)20-6-4-15(25)11-16(20)26)8-7-21(33)32(24)19(22(30)34)10-14-3-5-17(27)18(28)9-14/h3-6,9,11,13,19H,8,10,12H2,1-2H3,(H2,29,35). The van der Waals surface area contributed by atoms with Crippen molar-refractivity contribution < 1.29 is 31.6 Å². The van der Waals surface area contributed by atoms with E-state index in [9.17, 15) is 31.6 Å². The van der Waals surface area contributed by atoms with E-state index in [1.807, 2.05) is 0 Å². The second-order valence-corrected chi connectivity index (χ2v) is 11.8. The van der Waals surface area contributed by atoms with Gasteiger partial charge in [0, 0.05) is 24.0 Å². The summed E-state index contributed by atoms with van der Waals surface area (Å²) in [4.78, 5) is 41.6. The van der Waals surface area contributed by atoms with Gasteiger partial charge in [-0.3, -0.25) is 14.4 Å². The quantitative estimate of drug-likeness (QED) is 0.556. The van der Waals surface area contributed by atoms with E-state index in [1.54, 1.807) is 13.8 Å². The molecule has 202 valence electrons. The highest BCUT2D eigenvalue weighted by Crippen LogP contribution is 2.40. The Balaban J connectivity index is 1.92. The van der Waals surface area contributed by atoms with Crippen LogP contribution in [0.25, 0.3) is 0 Å². The lowest BCUT2D eigenvalue weighted by molar-refractivity contribution is -0.182. The minimum absolute atomic E-state index is 0.125. The lowest BCUT2D eigenvalue weighted by atomic mass is 9.90. The maximum Gasteiger partial charge on any atom is 0.261 e. The van der Waals surface area contributed by atoms with Gasteiger partial charge in [0.15, 0.2) is 11.6 Å². The second kappa shape index (κ2) is 10.1. The predicted molar refractivity (Wildman–Crippen MR) is 133 cm³/mol. The molecule has 0 saturated carbocycles. The van der Waals surface area contributed by atoms with E-state index in [4.69, 9.17) is 28.9 Å². The summed E-state index contributed by atoms with van der Waals surface area (Å²) < 4.78 is 56.0. The van der Waals surface area contributed by atoms with Gasteiger partial charge >= 0.3 is 0 Å². The van der Waals surface area contributed by atoms with Crippen LogP contribution in [0.5, 0.6) is 0 Å². The first-order valence-corrected chi connectivity index (χ1v) is 13.5. The van der Waals surface area contributed by atoms with Crippen molar-refractivity contribution in [1.82, 2.24) is 14.1 Å². The number of fused-ring (bicyclic) bond motifs is 1. The minimum atomic E-state index is -4.64. The number of benzene rings is 2. The fraction of sp³-hybridized carbons (Fsp3) is 0.333. The Morgan fingerprint density at radius 2 is 1.84 bits per heavy atom. The molecule has 2 saturated heterocycles. The number of primary amides is 1. The van der Waals surface area contributed by atoms with Crippen LogP contribution in [0, 0.1) is 18.1 Å². The summed E-state index contributed by atoms with van der Waals surface area (Å²) in [6.45, 7) is 2.02. The van der Waals surface area contributed by atoms with Crippen molar-refractivity contribution in [3.63, 3.8) is 0 Å². The molecular formula is C24H22Cl2F2N4O5S. The van der Waals surface area contributed by atoms with Crippen LogP contribution in [0.2, 0.25) is 10.0 Å². The first kappa shape index (κ1) is 28.2. The van der Waals surface area contributed by atoms with Crippen LogP contribution in [-0.2, 0) is 30.8 Å². The summed E-state index contributed by atoms with van der Waals surface area (Å²) in [7, 11) is -4.64. The van der Waals surface area contributed by atoms with Crippen molar-refractivity contribution in [2.75, 3.05) is 13.1 Å². The third-order valence-electron chi connectivity index (χ3n) is 6.57. The van der Waals surface area contributed by atoms with Crippen LogP contribution in [0.4, 0.5) is 8.78 Å². The molecule has 2 fully saturated rings. The third-order valence-corrected chi connectivity index (χ3v) is 9.15. The second-order valence-electron chi connectivity index (χ2n) is 9.15. The predicted octanol–water partition coefficient (Wildman–Crippen LogP) is 2.23. The number of carbonyl (C=O) groups excluding carboxylic acids is 3. The topological polar surface area (TPSA) is 121 Å². The minimum Gasteiger partial charge on any atom is -0.366 e. The van der Waals surface area contributed by atoms with Gasteiger partial charge in [-0.15, -0.1) is 0 Å². The monoisotopic (exact) mass is 586 g/mol. The Hall–Kier alpha value is -2.80. The van der Waals surface area contributed by atoms with Gasteiger partial charge in [-0.2, -0.15) is 4.31 Å². The molecule has 0 bridgehead atoms. The van der Waals surface area contributed by atoms with Crippen LogP contribution in [0.3, 0.4) is 0 Å². The van der Waals surface area contributed by atoms with Crippen LogP contribution < -0.4 is 5.73 Å². The van der Waals surface area contributed by atoms with Gasteiger partial charge in [0.2, 0.25) is 27.5 Å². The van der Waals surface area contributed by atoms with E-state index in [-0.39, 0.29) is 22.0 Å². The normalized spacial score (nSPS) is 22.7. The van der Waals surface area contributed by atoms with Crippen LogP contribution in [-0.4, -0.2) is 71.1 Å². The third kappa shape index (κ3) is 4.53. The van der Waals surface area contributed by atoms with E-state index in [1.165, 1.54) is 23.1 Å². The molecule has 14 heteroatoms. The number of nitrogens with two attached hydrogens (primary N) is 1. The molecule has 4 rings (SSSR count). The molecule has 38 heavy (non-hydrogen) atoms. The zero-order valence-corrected chi connectivity index (χ0v) is 22.4. The van der Waals surface area contributed by atoms with Crippen molar-refractivity contribution in [3.8, 4) is 0 Å². The van der Waals surface area contributed by atoms with Gasteiger partial charge < -0.3 is 15.5 Å². The molecular weight excluding hydrogens is 565 g/mol. The molecule has 2 aliphatic heterocycles. The number of rotatable bonds is 6. The Labute approximate surface area is 228 Å². The zero-order chi connectivity index (χ0) is 28.2. The Kier molecular flexibility index (Phi) is 7.47. The number of carbonyl (C=O) groups is 3. The number of amides is 3. The number of halogens is 4. The Morgan fingerprint density at radius 3 is 2.42 bits per heavy atom. The molecule has 0 aromatic heterocycles. The highest BCUT2D eigenvalue weighted by molar-refractivity contribution is 7.89. The number of nitrogens with zero attached hydrogens (tertiary/aromatic N) is 3. The summed E-state index contributed by atoms with van der Waals surface area (Å²) in [6.07, 6.45) is 2.01. The van der Waals surface area contributed by atoms with Gasteiger partial charge in [0.25, 0.3) is 5.91 Å². The molecule has 2 unspecified atom stereocenters. The first-order chi connectivity index (χ1) is 17.7. The molecule has 0 spiro atoms. The summed E-state index contributed by atoms with van der Waals surface area (Å²) in [5.41, 5.74) is 3.58. The maximum absolute atomic E-state index is 14.0. The average Bonchev–Trinajstić information content (AvgIpc) is 2.82. The van der Waals surface area contributed by atoms with Crippen molar-refractivity contribution in [1.29, 1.82) is 0 Å². The number of hydrogen-bond donors (Lipinski definition) is 1. The zero-order valence-electron chi connectivity index (χ0n) is 20.1. The van der Waals surface area contributed by atoms with E-state index < -0.39 is 75.1 Å². The molecule has 2 heterocycles. The van der Waals surface area contributed by atoms with Gasteiger partial charge in [0.05, 0.1) is 18.0 Å².